The lowest BCUT2D eigenvalue weighted by Gasteiger charge is -2.40. The number of hydrogen-bond donors (Lipinski definition) is 1. The van der Waals surface area contributed by atoms with Gasteiger partial charge in [-0.3, -0.25) is 9.59 Å². The van der Waals surface area contributed by atoms with Gasteiger partial charge in [0, 0.05) is 26.6 Å². The third-order valence-corrected chi connectivity index (χ3v) is 5.37. The van der Waals surface area contributed by atoms with Crippen molar-refractivity contribution < 1.29 is 14.3 Å². The fourth-order valence-electron chi connectivity index (χ4n) is 3.85. The number of rotatable bonds is 3. The van der Waals surface area contributed by atoms with Crippen LogP contribution in [0.15, 0.2) is 0 Å². The standard InChI is InChI=1S/C16H27N3O3/c1-11(20)19-9-13(10-19)17-16(21)14-5-8-22-15(14)12-3-6-18(2)7-4-12/h12-15H,3-10H2,1-2H3,(H,17,21)/t14-,15+/m0/s1. The molecule has 3 rings (SSSR count). The summed E-state index contributed by atoms with van der Waals surface area (Å²) in [4.78, 5) is 27.8. The van der Waals surface area contributed by atoms with Crippen molar-refractivity contribution in [2.75, 3.05) is 39.8 Å². The van der Waals surface area contributed by atoms with E-state index in [0.29, 0.717) is 25.6 Å². The summed E-state index contributed by atoms with van der Waals surface area (Å²) in [6.07, 6.45) is 3.14. The SMILES string of the molecule is CC(=O)N1CC(NC(=O)[C@H]2CCO[C@@H]2C2CCN(C)CC2)C1. The first-order valence-electron chi connectivity index (χ1n) is 8.40. The van der Waals surface area contributed by atoms with Crippen molar-refractivity contribution >= 4 is 11.8 Å². The molecule has 3 saturated heterocycles. The Balaban J connectivity index is 1.50. The van der Waals surface area contributed by atoms with Crippen LogP contribution in [0, 0.1) is 11.8 Å². The van der Waals surface area contributed by atoms with Gasteiger partial charge in [-0.05, 0) is 45.3 Å². The molecule has 6 nitrogen and oxygen atoms in total. The van der Waals surface area contributed by atoms with E-state index < -0.39 is 0 Å². The molecular weight excluding hydrogens is 282 g/mol. The highest BCUT2D eigenvalue weighted by Crippen LogP contribution is 2.33. The minimum absolute atomic E-state index is 0.0141. The van der Waals surface area contributed by atoms with Crippen LogP contribution < -0.4 is 5.32 Å². The first-order valence-corrected chi connectivity index (χ1v) is 8.40. The molecule has 3 aliphatic heterocycles. The van der Waals surface area contributed by atoms with E-state index in [-0.39, 0.29) is 29.9 Å². The molecule has 0 aromatic rings. The summed E-state index contributed by atoms with van der Waals surface area (Å²) < 4.78 is 5.91. The lowest BCUT2D eigenvalue weighted by atomic mass is 9.83. The van der Waals surface area contributed by atoms with Gasteiger partial charge in [-0.25, -0.2) is 0 Å². The maximum absolute atomic E-state index is 12.5. The first kappa shape index (κ1) is 15.7. The molecule has 0 spiro atoms. The normalized spacial score (nSPS) is 31.1. The Hall–Kier alpha value is -1.14. The molecule has 1 N–H and O–H groups in total. The Bertz CT molecular complexity index is 428. The molecule has 0 aromatic carbocycles. The summed E-state index contributed by atoms with van der Waals surface area (Å²) in [5, 5.41) is 3.10. The van der Waals surface area contributed by atoms with Crippen LogP contribution >= 0.6 is 0 Å². The summed E-state index contributed by atoms with van der Waals surface area (Å²) in [5.41, 5.74) is 0. The van der Waals surface area contributed by atoms with Gasteiger partial charge in [0.2, 0.25) is 11.8 Å². The number of carbonyl (C=O) groups excluding carboxylic acids is 2. The van der Waals surface area contributed by atoms with Crippen molar-refractivity contribution in [1.29, 1.82) is 0 Å². The maximum Gasteiger partial charge on any atom is 0.226 e. The Morgan fingerprint density at radius 1 is 1.14 bits per heavy atom. The Kier molecular flexibility index (Phi) is 4.68. The van der Waals surface area contributed by atoms with Crippen molar-refractivity contribution in [2.24, 2.45) is 11.8 Å². The molecule has 3 aliphatic rings. The van der Waals surface area contributed by atoms with Crippen molar-refractivity contribution in [3.05, 3.63) is 0 Å². The van der Waals surface area contributed by atoms with E-state index in [4.69, 9.17) is 4.74 Å². The molecule has 0 saturated carbocycles. The van der Waals surface area contributed by atoms with E-state index in [9.17, 15) is 9.59 Å². The largest absolute Gasteiger partial charge is 0.377 e. The lowest BCUT2D eigenvalue weighted by molar-refractivity contribution is -0.137. The molecule has 2 atom stereocenters. The monoisotopic (exact) mass is 309 g/mol. The predicted octanol–water partition coefficient (Wildman–Crippen LogP) is 0.0802. The highest BCUT2D eigenvalue weighted by atomic mass is 16.5. The van der Waals surface area contributed by atoms with Crippen LogP contribution in [-0.2, 0) is 14.3 Å². The minimum Gasteiger partial charge on any atom is -0.377 e. The lowest BCUT2D eigenvalue weighted by Crippen LogP contribution is -2.61. The van der Waals surface area contributed by atoms with Crippen molar-refractivity contribution in [2.45, 2.75) is 38.3 Å². The van der Waals surface area contributed by atoms with E-state index >= 15 is 0 Å². The minimum atomic E-state index is -0.0141. The van der Waals surface area contributed by atoms with Crippen LogP contribution in [0.4, 0.5) is 0 Å². The average molecular weight is 309 g/mol. The van der Waals surface area contributed by atoms with Crippen molar-refractivity contribution in [3.8, 4) is 0 Å². The number of ether oxygens (including phenoxy) is 1. The molecule has 3 fully saturated rings. The fraction of sp³-hybridized carbons (Fsp3) is 0.875. The molecule has 0 unspecified atom stereocenters. The van der Waals surface area contributed by atoms with Crippen molar-refractivity contribution in [1.82, 2.24) is 15.1 Å². The van der Waals surface area contributed by atoms with Crippen LogP contribution in [0.2, 0.25) is 0 Å². The zero-order chi connectivity index (χ0) is 15.7. The van der Waals surface area contributed by atoms with E-state index in [2.05, 4.69) is 17.3 Å². The molecule has 0 aromatic heterocycles. The number of carbonyl (C=O) groups is 2. The number of piperidine rings is 1. The average Bonchev–Trinajstić information content (AvgIpc) is 2.92. The predicted molar refractivity (Wildman–Crippen MR) is 82.3 cm³/mol. The van der Waals surface area contributed by atoms with Gasteiger partial charge in [-0.15, -0.1) is 0 Å². The van der Waals surface area contributed by atoms with E-state index in [1.807, 2.05) is 0 Å². The summed E-state index contributed by atoms with van der Waals surface area (Å²) in [6, 6.07) is 0.120. The van der Waals surface area contributed by atoms with Gasteiger partial charge in [0.25, 0.3) is 0 Å². The van der Waals surface area contributed by atoms with Crippen LogP contribution in [0.1, 0.15) is 26.2 Å². The Morgan fingerprint density at radius 3 is 2.45 bits per heavy atom. The van der Waals surface area contributed by atoms with Gasteiger partial charge in [0.05, 0.1) is 18.1 Å². The summed E-state index contributed by atoms with van der Waals surface area (Å²) in [6.45, 7) is 5.74. The number of hydrogen-bond acceptors (Lipinski definition) is 4. The highest BCUT2D eigenvalue weighted by Gasteiger charge is 2.41. The van der Waals surface area contributed by atoms with Gasteiger partial charge in [0.1, 0.15) is 0 Å². The van der Waals surface area contributed by atoms with Gasteiger partial charge in [-0.1, -0.05) is 0 Å². The van der Waals surface area contributed by atoms with Gasteiger partial charge in [0.15, 0.2) is 0 Å². The molecule has 0 radical (unpaired) electrons. The highest BCUT2D eigenvalue weighted by molar-refractivity contribution is 5.81. The third kappa shape index (κ3) is 3.27. The molecular formula is C16H27N3O3. The van der Waals surface area contributed by atoms with Gasteiger partial charge < -0.3 is 19.9 Å². The second-order valence-electron chi connectivity index (χ2n) is 7.00. The quantitative estimate of drug-likeness (QED) is 0.802. The molecule has 2 amide bonds. The second-order valence-corrected chi connectivity index (χ2v) is 7.00. The number of amides is 2. The van der Waals surface area contributed by atoms with Gasteiger partial charge >= 0.3 is 0 Å². The summed E-state index contributed by atoms with van der Waals surface area (Å²) in [7, 11) is 2.15. The van der Waals surface area contributed by atoms with Crippen LogP contribution in [0.3, 0.4) is 0 Å². The second kappa shape index (κ2) is 6.54. The van der Waals surface area contributed by atoms with Crippen LogP contribution in [0.5, 0.6) is 0 Å². The Morgan fingerprint density at radius 2 is 1.82 bits per heavy atom. The fourth-order valence-corrected chi connectivity index (χ4v) is 3.85. The topological polar surface area (TPSA) is 61.9 Å². The summed E-state index contributed by atoms with van der Waals surface area (Å²) >= 11 is 0. The van der Waals surface area contributed by atoms with Gasteiger partial charge in [-0.2, -0.15) is 0 Å². The molecule has 0 aliphatic carbocycles. The number of nitrogens with zero attached hydrogens (tertiary/aromatic N) is 2. The van der Waals surface area contributed by atoms with E-state index in [1.165, 1.54) is 0 Å². The molecule has 3 heterocycles. The number of likely N-dealkylation sites (tertiary alicyclic amines) is 2. The number of nitrogens with one attached hydrogen (secondary N) is 1. The third-order valence-electron chi connectivity index (χ3n) is 5.37. The van der Waals surface area contributed by atoms with Crippen LogP contribution in [-0.4, -0.2) is 73.6 Å². The van der Waals surface area contributed by atoms with E-state index in [0.717, 1.165) is 32.4 Å². The first-order chi connectivity index (χ1) is 10.5. The molecule has 22 heavy (non-hydrogen) atoms. The van der Waals surface area contributed by atoms with E-state index in [1.54, 1.807) is 11.8 Å². The maximum atomic E-state index is 12.5. The molecule has 0 bridgehead atoms. The molecule has 124 valence electrons. The van der Waals surface area contributed by atoms with Crippen molar-refractivity contribution in [3.63, 3.8) is 0 Å². The summed E-state index contributed by atoms with van der Waals surface area (Å²) in [5.74, 6) is 0.692. The smallest absolute Gasteiger partial charge is 0.226 e. The zero-order valence-corrected chi connectivity index (χ0v) is 13.6. The zero-order valence-electron chi connectivity index (χ0n) is 13.6. The van der Waals surface area contributed by atoms with Crippen LogP contribution in [0.25, 0.3) is 0 Å². The molecule has 6 heteroatoms. The Labute approximate surface area is 132 Å².